The van der Waals surface area contributed by atoms with Gasteiger partial charge in [-0.2, -0.15) is 0 Å². The van der Waals surface area contributed by atoms with Crippen LogP contribution in [0, 0.1) is 5.41 Å². The molecule has 0 aromatic heterocycles. The van der Waals surface area contributed by atoms with Crippen molar-refractivity contribution in [2.24, 2.45) is 5.41 Å². The fraction of sp³-hybridized carbons (Fsp3) is 0.600. The summed E-state index contributed by atoms with van der Waals surface area (Å²) in [6.07, 6.45) is 5.39. The van der Waals surface area contributed by atoms with Crippen LogP contribution in [0.4, 0.5) is 0 Å². The van der Waals surface area contributed by atoms with Crippen LogP contribution < -0.4 is 5.32 Å². The van der Waals surface area contributed by atoms with Gasteiger partial charge in [-0.05, 0) is 36.0 Å². The molecule has 2 rings (SSSR count). The van der Waals surface area contributed by atoms with Gasteiger partial charge in [0.15, 0.2) is 0 Å². The van der Waals surface area contributed by atoms with Crippen molar-refractivity contribution in [1.82, 2.24) is 5.32 Å². The number of rotatable bonds is 3. The number of hydrogen-bond donors (Lipinski definition) is 1. The molecule has 1 unspecified atom stereocenters. The zero-order valence-electron chi connectivity index (χ0n) is 10.8. The van der Waals surface area contributed by atoms with Crippen molar-refractivity contribution in [2.75, 3.05) is 0 Å². The second-order valence-corrected chi connectivity index (χ2v) is 6.23. The highest BCUT2D eigenvalue weighted by Crippen LogP contribution is 2.35. The molecular weight excluding hydrogens is 230 g/mol. The van der Waals surface area contributed by atoms with Gasteiger partial charge < -0.3 is 5.32 Å². The maximum atomic E-state index is 5.89. The minimum absolute atomic E-state index is 0.435. The van der Waals surface area contributed by atoms with Crippen molar-refractivity contribution in [2.45, 2.75) is 52.1 Å². The number of nitrogens with one attached hydrogen (secondary N) is 1. The minimum Gasteiger partial charge on any atom is -0.309 e. The Bertz CT molecular complexity index is 356. The predicted molar refractivity (Wildman–Crippen MR) is 74.3 cm³/mol. The third-order valence-corrected chi connectivity index (χ3v) is 4.23. The maximum Gasteiger partial charge on any atom is 0.0406 e. The molecule has 0 heterocycles. The van der Waals surface area contributed by atoms with Gasteiger partial charge in [0.25, 0.3) is 0 Å². The highest BCUT2D eigenvalue weighted by molar-refractivity contribution is 6.30. The first-order valence-corrected chi connectivity index (χ1v) is 6.93. The summed E-state index contributed by atoms with van der Waals surface area (Å²) in [7, 11) is 0. The molecule has 1 saturated carbocycles. The van der Waals surface area contributed by atoms with Crippen LogP contribution in [0.3, 0.4) is 0 Å². The summed E-state index contributed by atoms with van der Waals surface area (Å²) in [4.78, 5) is 0. The van der Waals surface area contributed by atoms with Crippen molar-refractivity contribution in [3.05, 3.63) is 34.9 Å². The number of halogens is 1. The van der Waals surface area contributed by atoms with Gasteiger partial charge in [0.1, 0.15) is 0 Å². The molecule has 1 nitrogen and oxygen atoms in total. The smallest absolute Gasteiger partial charge is 0.0406 e. The molecule has 1 aliphatic carbocycles. The molecular formula is C15H22ClN. The Kier molecular flexibility index (Phi) is 4.11. The van der Waals surface area contributed by atoms with E-state index in [-0.39, 0.29) is 0 Å². The Hall–Kier alpha value is -0.530. The Labute approximate surface area is 110 Å². The molecule has 0 aliphatic heterocycles. The molecule has 1 atom stereocenters. The maximum absolute atomic E-state index is 5.89. The summed E-state index contributed by atoms with van der Waals surface area (Å²) in [5, 5.41) is 4.52. The summed E-state index contributed by atoms with van der Waals surface area (Å²) < 4.78 is 0. The fourth-order valence-corrected chi connectivity index (χ4v) is 2.84. The van der Waals surface area contributed by atoms with Crippen LogP contribution in [0.2, 0.25) is 5.02 Å². The largest absolute Gasteiger partial charge is 0.309 e. The number of hydrogen-bond acceptors (Lipinski definition) is 1. The summed E-state index contributed by atoms with van der Waals surface area (Å²) in [6, 6.07) is 8.78. The Morgan fingerprint density at radius 3 is 2.59 bits per heavy atom. The lowest BCUT2D eigenvalue weighted by molar-refractivity contribution is 0.167. The van der Waals surface area contributed by atoms with Crippen molar-refractivity contribution in [3.63, 3.8) is 0 Å². The lowest BCUT2D eigenvalue weighted by atomic mass is 9.73. The van der Waals surface area contributed by atoms with E-state index in [1.165, 1.54) is 31.2 Å². The molecule has 0 bridgehead atoms. The molecule has 2 heteroatoms. The molecule has 1 aromatic rings. The van der Waals surface area contributed by atoms with Crippen molar-refractivity contribution in [1.29, 1.82) is 0 Å². The van der Waals surface area contributed by atoms with E-state index in [9.17, 15) is 0 Å². The Morgan fingerprint density at radius 1 is 1.24 bits per heavy atom. The third kappa shape index (κ3) is 3.46. The van der Waals surface area contributed by atoms with Gasteiger partial charge in [0, 0.05) is 17.6 Å². The summed E-state index contributed by atoms with van der Waals surface area (Å²) in [6.45, 7) is 5.71. The predicted octanol–water partition coefficient (Wildman–Crippen LogP) is 4.40. The van der Waals surface area contributed by atoms with Gasteiger partial charge >= 0.3 is 0 Å². The molecule has 1 N–H and O–H groups in total. The van der Waals surface area contributed by atoms with Crippen molar-refractivity contribution < 1.29 is 0 Å². The normalized spacial score (nSPS) is 23.6. The molecule has 94 valence electrons. The number of benzene rings is 1. The first-order valence-electron chi connectivity index (χ1n) is 6.56. The summed E-state index contributed by atoms with van der Waals surface area (Å²) >= 11 is 5.89. The Balaban J connectivity index is 1.91. The van der Waals surface area contributed by atoms with E-state index in [0.29, 0.717) is 11.5 Å². The highest BCUT2D eigenvalue weighted by atomic mass is 35.5. The minimum atomic E-state index is 0.435. The molecule has 0 spiro atoms. The quantitative estimate of drug-likeness (QED) is 0.840. The monoisotopic (exact) mass is 251 g/mol. The van der Waals surface area contributed by atoms with Crippen LogP contribution >= 0.6 is 11.6 Å². The van der Waals surface area contributed by atoms with Crippen molar-refractivity contribution >= 4 is 11.6 Å². The van der Waals surface area contributed by atoms with E-state index in [2.05, 4.69) is 31.3 Å². The van der Waals surface area contributed by atoms with E-state index >= 15 is 0 Å². The molecule has 0 amide bonds. The molecule has 17 heavy (non-hydrogen) atoms. The molecule has 1 aliphatic rings. The van der Waals surface area contributed by atoms with Crippen LogP contribution in [0.1, 0.15) is 45.1 Å². The van der Waals surface area contributed by atoms with Gasteiger partial charge in [0.05, 0.1) is 0 Å². The third-order valence-electron chi connectivity index (χ3n) is 3.97. The Morgan fingerprint density at radius 2 is 1.94 bits per heavy atom. The second kappa shape index (κ2) is 5.41. The van der Waals surface area contributed by atoms with Crippen LogP contribution in [0.5, 0.6) is 0 Å². The van der Waals surface area contributed by atoms with E-state index < -0.39 is 0 Å². The first kappa shape index (κ1) is 12.9. The fourth-order valence-electron chi connectivity index (χ4n) is 2.72. The van der Waals surface area contributed by atoms with E-state index in [1.807, 2.05) is 12.1 Å². The lowest BCUT2D eigenvalue weighted by Gasteiger charge is -2.39. The second-order valence-electron chi connectivity index (χ2n) is 5.79. The van der Waals surface area contributed by atoms with E-state index in [4.69, 9.17) is 11.6 Å². The molecule has 0 radical (unpaired) electrons. The van der Waals surface area contributed by atoms with Crippen LogP contribution in [-0.4, -0.2) is 6.04 Å². The van der Waals surface area contributed by atoms with Gasteiger partial charge in [-0.3, -0.25) is 0 Å². The van der Waals surface area contributed by atoms with Gasteiger partial charge in [0.2, 0.25) is 0 Å². The molecule has 1 aromatic carbocycles. The van der Waals surface area contributed by atoms with Gasteiger partial charge in [-0.1, -0.05) is 50.4 Å². The van der Waals surface area contributed by atoms with E-state index in [1.54, 1.807) is 0 Å². The highest BCUT2D eigenvalue weighted by Gasteiger charge is 2.31. The average Bonchev–Trinajstić information content (AvgIpc) is 2.29. The molecule has 1 fully saturated rings. The van der Waals surface area contributed by atoms with Crippen LogP contribution in [0.25, 0.3) is 0 Å². The lowest BCUT2D eigenvalue weighted by Crippen LogP contribution is -2.43. The van der Waals surface area contributed by atoms with Gasteiger partial charge in [-0.15, -0.1) is 0 Å². The van der Waals surface area contributed by atoms with Crippen LogP contribution in [-0.2, 0) is 6.54 Å². The first-order chi connectivity index (χ1) is 8.08. The van der Waals surface area contributed by atoms with Crippen molar-refractivity contribution in [3.8, 4) is 0 Å². The molecule has 0 saturated heterocycles. The van der Waals surface area contributed by atoms with Gasteiger partial charge in [-0.25, -0.2) is 0 Å². The zero-order chi connectivity index (χ0) is 12.3. The zero-order valence-corrected chi connectivity index (χ0v) is 11.6. The van der Waals surface area contributed by atoms with E-state index in [0.717, 1.165) is 11.6 Å². The topological polar surface area (TPSA) is 12.0 Å². The standard InChI is InChI=1S/C15H22ClN/c1-15(2)10-4-3-5-14(15)17-11-12-6-8-13(16)9-7-12/h6-9,14,17H,3-5,10-11H2,1-2H3. The summed E-state index contributed by atoms with van der Waals surface area (Å²) in [5.74, 6) is 0. The SMILES string of the molecule is CC1(C)CCCCC1NCc1ccc(Cl)cc1. The average molecular weight is 252 g/mol. The summed E-state index contributed by atoms with van der Waals surface area (Å²) in [5.41, 5.74) is 1.75. The van der Waals surface area contributed by atoms with Crippen LogP contribution in [0.15, 0.2) is 24.3 Å².